The van der Waals surface area contributed by atoms with E-state index in [1.54, 1.807) is 6.92 Å². The van der Waals surface area contributed by atoms with E-state index < -0.39 is 6.10 Å². The summed E-state index contributed by atoms with van der Waals surface area (Å²) < 4.78 is 12.8. The van der Waals surface area contributed by atoms with Crippen LogP contribution in [0.4, 0.5) is 10.1 Å². The Labute approximate surface area is 77.4 Å². The van der Waals surface area contributed by atoms with Crippen LogP contribution >= 0.6 is 0 Å². The number of halogens is 1. The number of rotatable bonds is 3. The number of nitrogens with one attached hydrogen (secondary N) is 1. The molecule has 72 valence electrons. The first-order valence-corrected chi connectivity index (χ1v) is 4.27. The molecule has 1 atom stereocenters. The molecule has 0 spiro atoms. The lowest BCUT2D eigenvalue weighted by atomic mass is 10.2. The van der Waals surface area contributed by atoms with Crippen molar-refractivity contribution in [1.82, 2.24) is 0 Å². The van der Waals surface area contributed by atoms with E-state index in [0.29, 0.717) is 12.2 Å². The summed E-state index contributed by atoms with van der Waals surface area (Å²) in [5.74, 6) is -0.256. The third kappa shape index (κ3) is 3.42. The molecule has 0 aliphatic rings. The molecule has 1 aromatic rings. The van der Waals surface area contributed by atoms with Gasteiger partial charge in [-0.2, -0.15) is 0 Å². The maximum absolute atomic E-state index is 12.8. The Bertz CT molecular complexity index is 266. The van der Waals surface area contributed by atoms with Crippen LogP contribution in [0.3, 0.4) is 0 Å². The third-order valence-corrected chi connectivity index (χ3v) is 1.64. The van der Waals surface area contributed by atoms with Crippen molar-refractivity contribution in [1.29, 1.82) is 0 Å². The smallest absolute Gasteiger partial charge is 0.125 e. The lowest BCUT2D eigenvalue weighted by Gasteiger charge is -2.08. The molecule has 0 aliphatic carbocycles. The zero-order valence-corrected chi connectivity index (χ0v) is 7.84. The summed E-state index contributed by atoms with van der Waals surface area (Å²) in [6.07, 6.45) is -0.427. The lowest BCUT2D eigenvalue weighted by molar-refractivity contribution is 0.208. The number of aryl methyl sites for hydroxylation is 1. The fourth-order valence-electron chi connectivity index (χ4n) is 1.10. The van der Waals surface area contributed by atoms with Gasteiger partial charge in [-0.1, -0.05) is 0 Å². The van der Waals surface area contributed by atoms with E-state index >= 15 is 0 Å². The SMILES string of the molecule is Cc1cc(F)cc(NCC(C)O)c1. The van der Waals surface area contributed by atoms with Crippen molar-refractivity contribution >= 4 is 5.69 Å². The fourth-order valence-corrected chi connectivity index (χ4v) is 1.10. The van der Waals surface area contributed by atoms with Gasteiger partial charge in [-0.3, -0.25) is 0 Å². The molecule has 3 heteroatoms. The van der Waals surface area contributed by atoms with E-state index in [9.17, 15) is 4.39 Å². The zero-order valence-electron chi connectivity index (χ0n) is 7.84. The molecule has 0 aliphatic heterocycles. The van der Waals surface area contributed by atoms with Gasteiger partial charge in [-0.05, 0) is 37.6 Å². The van der Waals surface area contributed by atoms with Gasteiger partial charge in [0.2, 0.25) is 0 Å². The van der Waals surface area contributed by atoms with Crippen molar-refractivity contribution in [2.75, 3.05) is 11.9 Å². The van der Waals surface area contributed by atoms with Crippen molar-refractivity contribution < 1.29 is 9.50 Å². The van der Waals surface area contributed by atoms with Crippen molar-refractivity contribution in [3.63, 3.8) is 0 Å². The van der Waals surface area contributed by atoms with Crippen LogP contribution in [0.1, 0.15) is 12.5 Å². The van der Waals surface area contributed by atoms with E-state index in [-0.39, 0.29) is 5.82 Å². The van der Waals surface area contributed by atoms with Gasteiger partial charge in [-0.15, -0.1) is 0 Å². The predicted molar refractivity (Wildman–Crippen MR) is 51.3 cm³/mol. The van der Waals surface area contributed by atoms with E-state index in [1.807, 2.05) is 13.0 Å². The number of aliphatic hydroxyl groups is 1. The Balaban J connectivity index is 2.66. The molecule has 1 aromatic carbocycles. The Kier molecular flexibility index (Phi) is 3.25. The monoisotopic (exact) mass is 183 g/mol. The van der Waals surface area contributed by atoms with Gasteiger partial charge in [0.1, 0.15) is 5.82 Å². The molecule has 0 amide bonds. The van der Waals surface area contributed by atoms with E-state index in [2.05, 4.69) is 5.32 Å². The summed E-state index contributed by atoms with van der Waals surface area (Å²) in [7, 11) is 0. The van der Waals surface area contributed by atoms with Gasteiger partial charge in [0, 0.05) is 12.2 Å². The summed E-state index contributed by atoms with van der Waals surface area (Å²) in [4.78, 5) is 0. The normalized spacial score (nSPS) is 12.6. The number of benzene rings is 1. The van der Waals surface area contributed by atoms with Gasteiger partial charge in [0.15, 0.2) is 0 Å². The van der Waals surface area contributed by atoms with Gasteiger partial charge in [0.05, 0.1) is 6.10 Å². The van der Waals surface area contributed by atoms with Gasteiger partial charge in [-0.25, -0.2) is 4.39 Å². The highest BCUT2D eigenvalue weighted by Crippen LogP contribution is 2.12. The topological polar surface area (TPSA) is 32.3 Å². The van der Waals surface area contributed by atoms with E-state index in [4.69, 9.17) is 5.11 Å². The van der Waals surface area contributed by atoms with Gasteiger partial charge < -0.3 is 10.4 Å². The molecule has 0 radical (unpaired) electrons. The summed E-state index contributed by atoms with van der Waals surface area (Å²) in [6, 6.07) is 4.72. The molecule has 0 saturated carbocycles. The molecular formula is C10H14FNO. The van der Waals surface area contributed by atoms with Crippen LogP contribution in [0.15, 0.2) is 18.2 Å². The molecular weight excluding hydrogens is 169 g/mol. The number of hydrogen-bond acceptors (Lipinski definition) is 2. The standard InChI is InChI=1S/C10H14FNO/c1-7-3-9(11)5-10(4-7)12-6-8(2)13/h3-5,8,12-13H,6H2,1-2H3. The van der Waals surface area contributed by atoms with Crippen LogP contribution in [-0.2, 0) is 0 Å². The Morgan fingerprint density at radius 3 is 2.69 bits per heavy atom. The molecule has 0 heterocycles. The average Bonchev–Trinajstić information content (AvgIpc) is 1.99. The second kappa shape index (κ2) is 4.23. The molecule has 0 saturated heterocycles. The van der Waals surface area contributed by atoms with Crippen LogP contribution in [0.2, 0.25) is 0 Å². The van der Waals surface area contributed by atoms with Gasteiger partial charge in [0.25, 0.3) is 0 Å². The largest absolute Gasteiger partial charge is 0.392 e. The minimum Gasteiger partial charge on any atom is -0.392 e. The number of hydrogen-bond donors (Lipinski definition) is 2. The second-order valence-corrected chi connectivity index (χ2v) is 3.25. The van der Waals surface area contributed by atoms with Crippen LogP contribution < -0.4 is 5.32 Å². The highest BCUT2D eigenvalue weighted by molar-refractivity contribution is 5.45. The first-order valence-electron chi connectivity index (χ1n) is 4.27. The number of aliphatic hydroxyl groups excluding tert-OH is 1. The third-order valence-electron chi connectivity index (χ3n) is 1.64. The Hall–Kier alpha value is -1.09. The van der Waals surface area contributed by atoms with Crippen LogP contribution in [0, 0.1) is 12.7 Å². The minimum atomic E-state index is -0.427. The summed E-state index contributed by atoms with van der Waals surface area (Å²) in [5, 5.41) is 11.9. The predicted octanol–water partition coefficient (Wildman–Crippen LogP) is 1.93. The highest BCUT2D eigenvalue weighted by atomic mass is 19.1. The molecule has 0 bridgehead atoms. The van der Waals surface area contributed by atoms with Crippen LogP contribution in [0.5, 0.6) is 0 Å². The van der Waals surface area contributed by atoms with Crippen molar-refractivity contribution in [3.8, 4) is 0 Å². The number of anilines is 1. The average molecular weight is 183 g/mol. The zero-order chi connectivity index (χ0) is 9.84. The first-order chi connectivity index (χ1) is 6.08. The second-order valence-electron chi connectivity index (χ2n) is 3.25. The maximum atomic E-state index is 12.8. The van der Waals surface area contributed by atoms with Gasteiger partial charge >= 0.3 is 0 Å². The van der Waals surface area contributed by atoms with Crippen molar-refractivity contribution in [3.05, 3.63) is 29.6 Å². The molecule has 2 N–H and O–H groups in total. The molecule has 13 heavy (non-hydrogen) atoms. The quantitative estimate of drug-likeness (QED) is 0.750. The molecule has 0 aromatic heterocycles. The minimum absolute atomic E-state index is 0.256. The molecule has 1 unspecified atom stereocenters. The molecule has 1 rings (SSSR count). The van der Waals surface area contributed by atoms with E-state index in [0.717, 1.165) is 5.56 Å². The summed E-state index contributed by atoms with van der Waals surface area (Å²) >= 11 is 0. The fraction of sp³-hybridized carbons (Fsp3) is 0.400. The first kappa shape index (κ1) is 9.99. The van der Waals surface area contributed by atoms with Crippen molar-refractivity contribution in [2.45, 2.75) is 20.0 Å². The maximum Gasteiger partial charge on any atom is 0.125 e. The molecule has 0 fully saturated rings. The van der Waals surface area contributed by atoms with E-state index in [1.165, 1.54) is 12.1 Å². The lowest BCUT2D eigenvalue weighted by Crippen LogP contribution is -2.15. The van der Waals surface area contributed by atoms with Crippen molar-refractivity contribution in [2.24, 2.45) is 0 Å². The highest BCUT2D eigenvalue weighted by Gasteiger charge is 1.99. The Morgan fingerprint density at radius 1 is 1.46 bits per heavy atom. The Morgan fingerprint density at radius 2 is 2.15 bits per heavy atom. The van der Waals surface area contributed by atoms with Crippen LogP contribution in [-0.4, -0.2) is 17.8 Å². The summed E-state index contributed by atoms with van der Waals surface area (Å²) in [5.41, 5.74) is 1.58. The van der Waals surface area contributed by atoms with Crippen LogP contribution in [0.25, 0.3) is 0 Å². The summed E-state index contributed by atoms with van der Waals surface area (Å²) in [6.45, 7) is 3.94. The molecule has 2 nitrogen and oxygen atoms in total.